The number of hydrogen-bond donors (Lipinski definition) is 1. The first-order valence-corrected chi connectivity index (χ1v) is 12.2. The van der Waals surface area contributed by atoms with Crippen LogP contribution in [0.1, 0.15) is 11.3 Å². The quantitative estimate of drug-likeness (QED) is 0.381. The molecular formula is C29H30N2O6. The molecule has 1 aromatic heterocycles. The fourth-order valence-corrected chi connectivity index (χ4v) is 4.66. The Morgan fingerprint density at radius 1 is 0.892 bits per heavy atom. The maximum Gasteiger partial charge on any atom is 0.235 e. The number of phenolic OH excluding ortho intramolecular Hbond substituents is 1. The number of fused-ring (bicyclic) bond motifs is 1. The van der Waals surface area contributed by atoms with Gasteiger partial charge in [0.15, 0.2) is 11.5 Å². The van der Waals surface area contributed by atoms with Crippen molar-refractivity contribution in [1.82, 2.24) is 4.90 Å². The number of ether oxygens (including phenoxy) is 3. The van der Waals surface area contributed by atoms with E-state index in [9.17, 15) is 9.90 Å². The van der Waals surface area contributed by atoms with Crippen LogP contribution in [0, 0.1) is 6.92 Å². The van der Waals surface area contributed by atoms with E-state index >= 15 is 0 Å². The highest BCUT2D eigenvalue weighted by Crippen LogP contribution is 2.34. The number of methoxy groups -OCH3 is 2. The maximum atomic E-state index is 13.4. The smallest absolute Gasteiger partial charge is 0.235 e. The summed E-state index contributed by atoms with van der Waals surface area (Å²) < 4.78 is 22.7. The maximum absolute atomic E-state index is 13.4. The van der Waals surface area contributed by atoms with Gasteiger partial charge in [-0.25, -0.2) is 0 Å². The number of piperazine rings is 1. The van der Waals surface area contributed by atoms with Gasteiger partial charge in [0.05, 0.1) is 25.2 Å². The summed E-state index contributed by atoms with van der Waals surface area (Å²) in [7, 11) is 3.21. The highest BCUT2D eigenvalue weighted by atomic mass is 16.5. The largest absolute Gasteiger partial charge is 0.507 e. The molecule has 37 heavy (non-hydrogen) atoms. The molecule has 0 aliphatic carbocycles. The Hall–Kier alpha value is -4.17. The molecule has 0 unspecified atom stereocenters. The second-order valence-corrected chi connectivity index (χ2v) is 8.97. The third-order valence-electron chi connectivity index (χ3n) is 6.73. The van der Waals surface area contributed by atoms with Crippen LogP contribution in [0.5, 0.6) is 28.7 Å². The van der Waals surface area contributed by atoms with Gasteiger partial charge in [0.2, 0.25) is 11.2 Å². The van der Waals surface area contributed by atoms with E-state index in [4.69, 9.17) is 18.6 Å². The van der Waals surface area contributed by atoms with Crippen molar-refractivity contribution < 1.29 is 23.7 Å². The van der Waals surface area contributed by atoms with E-state index in [-0.39, 0.29) is 16.9 Å². The van der Waals surface area contributed by atoms with Crippen LogP contribution in [0.15, 0.2) is 69.9 Å². The molecule has 1 N–H and O–H groups in total. The van der Waals surface area contributed by atoms with Gasteiger partial charge in [-0.15, -0.1) is 0 Å². The Labute approximate surface area is 215 Å². The minimum atomic E-state index is -0.296. The highest BCUT2D eigenvalue weighted by Gasteiger charge is 2.23. The SMILES string of the molecule is COc1ccc(N2CCN(Cc3c(O)ccc4c(=O)c(Oc5ccccc5OC)c(C)oc34)CC2)cc1. The molecule has 8 nitrogen and oxygen atoms in total. The second-order valence-electron chi connectivity index (χ2n) is 8.97. The van der Waals surface area contributed by atoms with Gasteiger partial charge >= 0.3 is 0 Å². The molecule has 192 valence electrons. The van der Waals surface area contributed by atoms with E-state index in [0.29, 0.717) is 40.3 Å². The molecule has 0 radical (unpaired) electrons. The molecule has 0 atom stereocenters. The number of anilines is 1. The molecule has 4 aromatic rings. The fourth-order valence-electron chi connectivity index (χ4n) is 4.66. The molecular weight excluding hydrogens is 472 g/mol. The minimum Gasteiger partial charge on any atom is -0.507 e. The lowest BCUT2D eigenvalue weighted by Gasteiger charge is -2.36. The van der Waals surface area contributed by atoms with Crippen LogP contribution < -0.4 is 24.5 Å². The summed E-state index contributed by atoms with van der Waals surface area (Å²) in [4.78, 5) is 18.0. The Morgan fingerprint density at radius 3 is 2.27 bits per heavy atom. The molecule has 2 heterocycles. The molecule has 3 aromatic carbocycles. The topological polar surface area (TPSA) is 84.6 Å². The number of phenols is 1. The van der Waals surface area contributed by atoms with Crippen molar-refractivity contribution in [3.8, 4) is 28.7 Å². The summed E-state index contributed by atoms with van der Waals surface area (Å²) >= 11 is 0. The Balaban J connectivity index is 1.38. The molecule has 1 aliphatic rings. The van der Waals surface area contributed by atoms with Crippen LogP contribution in [0.3, 0.4) is 0 Å². The van der Waals surface area contributed by atoms with Crippen LogP contribution in [-0.4, -0.2) is 50.4 Å². The summed E-state index contributed by atoms with van der Waals surface area (Å²) in [5.41, 5.74) is 1.83. The van der Waals surface area contributed by atoms with E-state index in [1.165, 1.54) is 0 Å². The van der Waals surface area contributed by atoms with Crippen molar-refractivity contribution in [3.63, 3.8) is 0 Å². The number of hydrogen-bond acceptors (Lipinski definition) is 8. The zero-order chi connectivity index (χ0) is 25.9. The van der Waals surface area contributed by atoms with E-state index in [1.54, 1.807) is 51.5 Å². The fraction of sp³-hybridized carbons (Fsp3) is 0.276. The monoisotopic (exact) mass is 502 g/mol. The van der Waals surface area contributed by atoms with Crippen molar-refractivity contribution >= 4 is 16.7 Å². The lowest BCUT2D eigenvalue weighted by molar-refractivity contribution is 0.246. The zero-order valence-corrected chi connectivity index (χ0v) is 21.2. The van der Waals surface area contributed by atoms with Crippen LogP contribution >= 0.6 is 0 Å². The van der Waals surface area contributed by atoms with Crippen LogP contribution in [0.4, 0.5) is 5.69 Å². The molecule has 0 saturated carbocycles. The second kappa shape index (κ2) is 10.4. The minimum absolute atomic E-state index is 0.0988. The molecule has 8 heteroatoms. The Kier molecular flexibility index (Phi) is 6.92. The summed E-state index contributed by atoms with van der Waals surface area (Å²) in [6, 6.07) is 18.3. The standard InChI is InChI=1S/C29H30N2O6/c1-19-28(37-26-7-5-4-6-25(26)35-3)27(33)22-12-13-24(32)23(29(22)36-19)18-30-14-16-31(17-15-30)20-8-10-21(34-2)11-9-20/h4-13,32H,14-18H2,1-3H3. The van der Waals surface area contributed by atoms with Crippen molar-refractivity contribution in [2.75, 3.05) is 45.3 Å². The van der Waals surface area contributed by atoms with Crippen LogP contribution in [0.2, 0.25) is 0 Å². The lowest BCUT2D eigenvalue weighted by Crippen LogP contribution is -2.46. The molecule has 1 saturated heterocycles. The van der Waals surface area contributed by atoms with Gasteiger partial charge in [-0.1, -0.05) is 12.1 Å². The molecule has 0 bridgehead atoms. The highest BCUT2D eigenvalue weighted by molar-refractivity contribution is 5.83. The van der Waals surface area contributed by atoms with Crippen molar-refractivity contribution in [2.45, 2.75) is 13.5 Å². The van der Waals surface area contributed by atoms with E-state index < -0.39 is 0 Å². The molecule has 1 fully saturated rings. The Morgan fingerprint density at radius 2 is 1.59 bits per heavy atom. The molecule has 0 spiro atoms. The third kappa shape index (κ3) is 4.93. The first-order chi connectivity index (χ1) is 18.0. The predicted octanol–water partition coefficient (Wildman–Crippen LogP) is 4.94. The van der Waals surface area contributed by atoms with E-state index in [1.807, 2.05) is 18.2 Å². The van der Waals surface area contributed by atoms with Gasteiger partial charge in [-0.05, 0) is 55.5 Å². The predicted molar refractivity (Wildman–Crippen MR) is 142 cm³/mol. The number of aryl methyl sites for hydroxylation is 1. The Bertz CT molecular complexity index is 1460. The number of aromatic hydroxyl groups is 1. The van der Waals surface area contributed by atoms with Gasteiger partial charge in [0, 0.05) is 38.4 Å². The average molecular weight is 503 g/mol. The normalized spacial score (nSPS) is 14.1. The summed E-state index contributed by atoms with van der Waals surface area (Å²) in [6.45, 7) is 5.46. The lowest BCUT2D eigenvalue weighted by atomic mass is 10.1. The molecule has 5 rings (SSSR count). The van der Waals surface area contributed by atoms with Crippen LogP contribution in [0.25, 0.3) is 11.0 Å². The first-order valence-electron chi connectivity index (χ1n) is 12.2. The van der Waals surface area contributed by atoms with Crippen molar-refractivity contribution in [3.05, 3.63) is 82.2 Å². The summed E-state index contributed by atoms with van der Waals surface area (Å²) in [5.74, 6) is 2.31. The van der Waals surface area contributed by atoms with Gasteiger partial charge in [-0.2, -0.15) is 0 Å². The number of nitrogens with zero attached hydrogens (tertiary/aromatic N) is 2. The van der Waals surface area contributed by atoms with Gasteiger partial charge in [0.1, 0.15) is 22.8 Å². The summed E-state index contributed by atoms with van der Waals surface area (Å²) in [5, 5.41) is 11.1. The first kappa shape index (κ1) is 24.5. The van der Waals surface area contributed by atoms with Gasteiger partial charge in [0.25, 0.3) is 0 Å². The summed E-state index contributed by atoms with van der Waals surface area (Å²) in [6.07, 6.45) is 0. The van der Waals surface area contributed by atoms with Crippen molar-refractivity contribution in [1.29, 1.82) is 0 Å². The molecule has 1 aliphatic heterocycles. The third-order valence-corrected chi connectivity index (χ3v) is 6.73. The van der Waals surface area contributed by atoms with Crippen molar-refractivity contribution in [2.24, 2.45) is 0 Å². The number of benzene rings is 3. The zero-order valence-electron chi connectivity index (χ0n) is 21.2. The van der Waals surface area contributed by atoms with E-state index in [2.05, 4.69) is 21.9 Å². The van der Waals surface area contributed by atoms with Gasteiger partial charge in [-0.3, -0.25) is 9.69 Å². The number of para-hydroxylation sites is 2. The average Bonchev–Trinajstić information content (AvgIpc) is 2.93. The number of rotatable bonds is 7. The van der Waals surface area contributed by atoms with Crippen LogP contribution in [-0.2, 0) is 6.54 Å². The molecule has 0 amide bonds. The van der Waals surface area contributed by atoms with Gasteiger partial charge < -0.3 is 28.6 Å². The van der Waals surface area contributed by atoms with E-state index in [0.717, 1.165) is 37.6 Å².